The topological polar surface area (TPSA) is 34.1 Å². The van der Waals surface area contributed by atoms with E-state index in [1.807, 2.05) is 5.41 Å². The smallest absolute Gasteiger partial charge is 0.157 e. The third-order valence-corrected chi connectivity index (χ3v) is 4.93. The molecule has 0 rings (SSSR count). The van der Waals surface area contributed by atoms with Gasteiger partial charge in [-0.25, -0.2) is 8.42 Å². The zero-order valence-electron chi connectivity index (χ0n) is 8.31. The first-order valence-corrected chi connectivity index (χ1v) is 8.57. The molecule has 0 heterocycles. The van der Waals surface area contributed by atoms with Gasteiger partial charge in [-0.1, -0.05) is 40.7 Å². The predicted molar refractivity (Wildman–Crippen MR) is 68.3 cm³/mol. The molecule has 0 fully saturated rings. The van der Waals surface area contributed by atoms with Crippen molar-refractivity contribution >= 4 is 31.4 Å². The van der Waals surface area contributed by atoms with Gasteiger partial charge in [0.2, 0.25) is 0 Å². The molecule has 0 N–H and O–H groups in total. The van der Waals surface area contributed by atoms with Crippen molar-refractivity contribution in [3.63, 3.8) is 0 Å². The van der Waals surface area contributed by atoms with Crippen LogP contribution in [0.2, 0.25) is 0 Å². The Labute approximate surface area is 94.6 Å². The first kappa shape index (κ1) is 14.1. The molecule has 0 amide bonds. The zero-order valence-corrected chi connectivity index (χ0v) is 10.8. The lowest BCUT2D eigenvalue weighted by Crippen LogP contribution is -2.06. The predicted octanol–water partition coefficient (Wildman–Crippen LogP) is 2.89. The highest BCUT2D eigenvalue weighted by molar-refractivity contribution is 8.77. The average molecular weight is 252 g/mol. The van der Waals surface area contributed by atoms with E-state index < -0.39 is 9.84 Å². The van der Waals surface area contributed by atoms with Crippen molar-refractivity contribution < 1.29 is 8.42 Å². The summed E-state index contributed by atoms with van der Waals surface area (Å²) in [4.78, 5) is 0. The third-order valence-electron chi connectivity index (χ3n) is 1.23. The maximum Gasteiger partial charge on any atom is 0.157 e. The SMILES string of the molecule is C=CCS(=O)(=O)C/C=C\SSCCC. The van der Waals surface area contributed by atoms with Crippen LogP contribution in [-0.2, 0) is 9.84 Å². The van der Waals surface area contributed by atoms with Crippen molar-refractivity contribution in [2.45, 2.75) is 13.3 Å². The van der Waals surface area contributed by atoms with Crippen molar-refractivity contribution in [2.24, 2.45) is 0 Å². The summed E-state index contributed by atoms with van der Waals surface area (Å²) in [6, 6.07) is 0. The van der Waals surface area contributed by atoms with Gasteiger partial charge in [0, 0.05) is 5.75 Å². The Balaban J connectivity index is 3.65. The van der Waals surface area contributed by atoms with Gasteiger partial charge in [-0.2, -0.15) is 0 Å². The minimum absolute atomic E-state index is 0.0596. The van der Waals surface area contributed by atoms with Crippen LogP contribution in [0.25, 0.3) is 0 Å². The van der Waals surface area contributed by atoms with Gasteiger partial charge in [-0.05, 0) is 11.8 Å². The van der Waals surface area contributed by atoms with Crippen LogP contribution in [0, 0.1) is 0 Å². The van der Waals surface area contributed by atoms with Gasteiger partial charge in [0.15, 0.2) is 9.84 Å². The fourth-order valence-electron chi connectivity index (χ4n) is 0.644. The van der Waals surface area contributed by atoms with Crippen LogP contribution in [0.5, 0.6) is 0 Å². The number of hydrogen-bond acceptors (Lipinski definition) is 4. The van der Waals surface area contributed by atoms with Crippen LogP contribution in [0.3, 0.4) is 0 Å². The van der Waals surface area contributed by atoms with Gasteiger partial charge >= 0.3 is 0 Å². The quantitative estimate of drug-likeness (QED) is 0.378. The number of rotatable bonds is 8. The molecule has 0 aliphatic rings. The fourth-order valence-corrected chi connectivity index (χ4v) is 3.43. The Morgan fingerprint density at radius 3 is 2.64 bits per heavy atom. The Hall–Kier alpha value is 0.130. The molecule has 2 nitrogen and oxygen atoms in total. The molecule has 0 unspecified atom stereocenters. The maximum absolute atomic E-state index is 11.2. The third kappa shape index (κ3) is 8.72. The van der Waals surface area contributed by atoms with Crippen molar-refractivity contribution in [3.05, 3.63) is 24.1 Å². The second kappa shape index (κ2) is 8.44. The molecule has 0 bridgehead atoms. The molecule has 14 heavy (non-hydrogen) atoms. The van der Waals surface area contributed by atoms with E-state index in [2.05, 4.69) is 13.5 Å². The summed E-state index contributed by atoms with van der Waals surface area (Å²) in [5.41, 5.74) is 0. The Morgan fingerprint density at radius 2 is 2.07 bits per heavy atom. The molecular weight excluding hydrogens is 236 g/mol. The molecule has 0 radical (unpaired) electrons. The average Bonchev–Trinajstić information content (AvgIpc) is 2.11. The Morgan fingerprint density at radius 1 is 1.36 bits per heavy atom. The van der Waals surface area contributed by atoms with E-state index in [9.17, 15) is 8.42 Å². The van der Waals surface area contributed by atoms with E-state index in [0.717, 1.165) is 12.2 Å². The first-order valence-electron chi connectivity index (χ1n) is 4.37. The van der Waals surface area contributed by atoms with Crippen molar-refractivity contribution in [2.75, 3.05) is 17.3 Å². The molecule has 0 aromatic heterocycles. The lowest BCUT2D eigenvalue weighted by Gasteiger charge is -1.95. The van der Waals surface area contributed by atoms with Crippen molar-refractivity contribution in [3.8, 4) is 0 Å². The molecule has 0 aliphatic heterocycles. The van der Waals surface area contributed by atoms with E-state index in [1.165, 1.54) is 6.08 Å². The molecule has 0 spiro atoms. The van der Waals surface area contributed by atoms with Crippen molar-refractivity contribution in [1.29, 1.82) is 0 Å². The van der Waals surface area contributed by atoms with Gasteiger partial charge in [0.25, 0.3) is 0 Å². The highest BCUT2D eigenvalue weighted by Crippen LogP contribution is 2.22. The van der Waals surface area contributed by atoms with E-state index in [0.29, 0.717) is 0 Å². The monoisotopic (exact) mass is 252 g/mol. The van der Waals surface area contributed by atoms with Crippen LogP contribution >= 0.6 is 21.6 Å². The van der Waals surface area contributed by atoms with Crippen molar-refractivity contribution in [1.82, 2.24) is 0 Å². The molecule has 0 aromatic rings. The highest BCUT2D eigenvalue weighted by atomic mass is 33.1. The lowest BCUT2D eigenvalue weighted by molar-refractivity contribution is 0.602. The van der Waals surface area contributed by atoms with E-state index in [4.69, 9.17) is 0 Å². The molecule has 5 heteroatoms. The molecule has 0 atom stereocenters. The summed E-state index contributed by atoms with van der Waals surface area (Å²) in [6.07, 6.45) is 4.24. The summed E-state index contributed by atoms with van der Waals surface area (Å²) < 4.78 is 22.4. The highest BCUT2D eigenvalue weighted by Gasteiger charge is 2.03. The largest absolute Gasteiger partial charge is 0.228 e. The molecular formula is C9H16O2S3. The second-order valence-electron chi connectivity index (χ2n) is 2.66. The minimum Gasteiger partial charge on any atom is -0.228 e. The molecule has 0 saturated carbocycles. The molecule has 0 aliphatic carbocycles. The standard InChI is InChI=1S/C9H16O2S3/c1-3-6-12-13-7-5-9-14(10,11)8-4-2/h4-5,7H,2-3,6,8-9H2,1H3/b7-5-. The summed E-state index contributed by atoms with van der Waals surface area (Å²) >= 11 is 0. The van der Waals surface area contributed by atoms with Crippen LogP contribution in [-0.4, -0.2) is 25.7 Å². The Bertz CT molecular complexity index is 268. The molecule has 0 aromatic carbocycles. The van der Waals surface area contributed by atoms with Crippen LogP contribution < -0.4 is 0 Å². The maximum atomic E-state index is 11.2. The van der Waals surface area contributed by atoms with Crippen LogP contribution in [0.1, 0.15) is 13.3 Å². The van der Waals surface area contributed by atoms with Crippen LogP contribution in [0.4, 0.5) is 0 Å². The number of hydrogen-bond donors (Lipinski definition) is 0. The second-order valence-corrected chi connectivity index (χ2v) is 7.20. The Kier molecular flexibility index (Phi) is 8.52. The minimum atomic E-state index is -2.95. The summed E-state index contributed by atoms with van der Waals surface area (Å²) in [5, 5.41) is 1.83. The summed E-state index contributed by atoms with van der Waals surface area (Å²) in [7, 11) is 0.363. The van der Waals surface area contributed by atoms with Gasteiger partial charge in [0.1, 0.15) is 0 Å². The van der Waals surface area contributed by atoms with Gasteiger partial charge in [0.05, 0.1) is 11.5 Å². The first-order chi connectivity index (χ1) is 6.62. The normalized spacial score (nSPS) is 12.1. The summed E-state index contributed by atoms with van der Waals surface area (Å²) in [5.74, 6) is 1.26. The zero-order chi connectivity index (χ0) is 10.9. The van der Waals surface area contributed by atoms with E-state index in [-0.39, 0.29) is 11.5 Å². The van der Waals surface area contributed by atoms with E-state index in [1.54, 1.807) is 27.7 Å². The molecule has 0 saturated heterocycles. The fraction of sp³-hybridized carbons (Fsp3) is 0.556. The van der Waals surface area contributed by atoms with Gasteiger partial charge in [-0.15, -0.1) is 6.58 Å². The van der Waals surface area contributed by atoms with Gasteiger partial charge in [-0.3, -0.25) is 0 Å². The van der Waals surface area contributed by atoms with E-state index >= 15 is 0 Å². The van der Waals surface area contributed by atoms with Gasteiger partial charge < -0.3 is 0 Å². The molecule has 82 valence electrons. The number of sulfone groups is 1. The lowest BCUT2D eigenvalue weighted by atomic mass is 10.6. The van der Waals surface area contributed by atoms with Crippen LogP contribution in [0.15, 0.2) is 24.1 Å². The summed E-state index contributed by atoms with van der Waals surface area (Å²) in [6.45, 7) is 5.52.